The van der Waals surface area contributed by atoms with Crippen molar-refractivity contribution in [3.8, 4) is 0 Å². The van der Waals surface area contributed by atoms with Crippen molar-refractivity contribution >= 4 is 16.9 Å². The maximum atomic E-state index is 11.2. The van der Waals surface area contributed by atoms with E-state index >= 15 is 0 Å². The van der Waals surface area contributed by atoms with Crippen LogP contribution in [0.15, 0.2) is 12.2 Å². The zero-order chi connectivity index (χ0) is 9.56. The summed E-state index contributed by atoms with van der Waals surface area (Å²) in [7, 11) is 0. The summed E-state index contributed by atoms with van der Waals surface area (Å²) in [5, 5.41) is 0.0234. The van der Waals surface area contributed by atoms with Crippen molar-refractivity contribution < 1.29 is 9.53 Å². The van der Waals surface area contributed by atoms with E-state index in [4.69, 9.17) is 4.74 Å². The molecule has 0 aliphatic heterocycles. The number of hydrogen-bond acceptors (Lipinski definition) is 3. The van der Waals surface area contributed by atoms with Gasteiger partial charge in [-0.05, 0) is 25.8 Å². The molecule has 0 radical (unpaired) electrons. The minimum absolute atomic E-state index is 0.0146. The summed E-state index contributed by atoms with van der Waals surface area (Å²) >= 11 is 1.22. The Kier molecular flexibility index (Phi) is 6.11. The molecule has 1 atom stereocenters. The van der Waals surface area contributed by atoms with Crippen molar-refractivity contribution in [1.82, 2.24) is 0 Å². The number of carbonyl (C=O) groups excluding carboxylic acids is 1. The highest BCUT2D eigenvalue weighted by Crippen LogP contribution is 2.19. The Balaban J connectivity index is 3.85. The van der Waals surface area contributed by atoms with Gasteiger partial charge in [-0.3, -0.25) is 4.79 Å². The number of carbonyl (C=O) groups is 1. The molecular weight excluding hydrogens is 172 g/mol. The molecule has 70 valence electrons. The van der Waals surface area contributed by atoms with E-state index in [-0.39, 0.29) is 10.6 Å². The van der Waals surface area contributed by atoms with Crippen molar-refractivity contribution in [2.45, 2.75) is 32.6 Å². The van der Waals surface area contributed by atoms with Crippen LogP contribution in [0.3, 0.4) is 0 Å². The van der Waals surface area contributed by atoms with Gasteiger partial charge in [0.2, 0.25) is 5.12 Å². The van der Waals surface area contributed by atoms with Gasteiger partial charge in [0.15, 0.2) is 0 Å². The van der Waals surface area contributed by atoms with Gasteiger partial charge in [0.25, 0.3) is 0 Å². The molecule has 0 aliphatic rings. The van der Waals surface area contributed by atoms with Crippen LogP contribution < -0.4 is 0 Å². The first-order chi connectivity index (χ1) is 5.61. The van der Waals surface area contributed by atoms with E-state index < -0.39 is 0 Å². The van der Waals surface area contributed by atoms with Crippen molar-refractivity contribution in [2.75, 3.05) is 6.61 Å². The quantitative estimate of drug-likeness (QED) is 0.490. The average molecular weight is 188 g/mol. The van der Waals surface area contributed by atoms with E-state index in [1.165, 1.54) is 11.8 Å². The molecule has 0 fully saturated rings. The number of rotatable bonds is 5. The molecule has 0 aliphatic carbocycles. The lowest BCUT2D eigenvalue weighted by molar-refractivity contribution is -0.108. The second-order valence-corrected chi connectivity index (χ2v) is 3.61. The molecule has 3 heteroatoms. The fraction of sp³-hybridized carbons (Fsp3) is 0.667. The van der Waals surface area contributed by atoms with Gasteiger partial charge in [0.1, 0.15) is 5.44 Å². The smallest absolute Gasteiger partial charge is 0.216 e. The van der Waals surface area contributed by atoms with Crippen LogP contribution in [0.4, 0.5) is 0 Å². The second-order valence-electron chi connectivity index (χ2n) is 2.48. The Morgan fingerprint density at radius 2 is 2.17 bits per heavy atom. The fourth-order valence-corrected chi connectivity index (χ4v) is 1.45. The van der Waals surface area contributed by atoms with Gasteiger partial charge in [0.05, 0.1) is 0 Å². The third-order valence-electron chi connectivity index (χ3n) is 1.27. The third kappa shape index (κ3) is 4.57. The van der Waals surface area contributed by atoms with Gasteiger partial charge in [-0.25, -0.2) is 0 Å². The summed E-state index contributed by atoms with van der Waals surface area (Å²) < 4.78 is 5.31. The van der Waals surface area contributed by atoms with Crippen LogP contribution in [-0.4, -0.2) is 17.2 Å². The van der Waals surface area contributed by atoms with Crippen LogP contribution >= 0.6 is 11.8 Å². The van der Waals surface area contributed by atoms with Crippen molar-refractivity contribution in [3.63, 3.8) is 0 Å². The molecule has 2 nitrogen and oxygen atoms in total. The number of hydrogen-bond donors (Lipinski definition) is 0. The van der Waals surface area contributed by atoms with E-state index in [1.54, 1.807) is 6.92 Å². The first kappa shape index (κ1) is 11.7. The normalized spacial score (nSPS) is 12.6. The molecule has 0 N–H and O–H groups in total. The Hall–Kier alpha value is -0.280. The van der Waals surface area contributed by atoms with E-state index in [0.29, 0.717) is 12.2 Å². The fourth-order valence-electron chi connectivity index (χ4n) is 0.641. The van der Waals surface area contributed by atoms with Gasteiger partial charge in [-0.1, -0.05) is 25.3 Å². The predicted octanol–water partition coefficient (Wildman–Crippen LogP) is 2.59. The monoisotopic (exact) mass is 188 g/mol. The van der Waals surface area contributed by atoms with Gasteiger partial charge >= 0.3 is 0 Å². The summed E-state index contributed by atoms with van der Waals surface area (Å²) in [4.78, 5) is 11.2. The molecule has 1 unspecified atom stereocenters. The topological polar surface area (TPSA) is 26.3 Å². The highest BCUT2D eigenvalue weighted by molar-refractivity contribution is 8.14. The maximum absolute atomic E-state index is 11.2. The molecule has 0 bridgehead atoms. The predicted molar refractivity (Wildman–Crippen MR) is 53.1 cm³/mol. The molecular formula is C9H16O2S. The SMILES string of the molecule is C=C(C)C(=O)SC(CC)OCC. The van der Waals surface area contributed by atoms with Gasteiger partial charge in [-0.2, -0.15) is 0 Å². The maximum Gasteiger partial charge on any atom is 0.216 e. The zero-order valence-electron chi connectivity index (χ0n) is 7.92. The summed E-state index contributed by atoms with van der Waals surface area (Å²) in [6.45, 7) is 9.86. The Labute approximate surface area is 78.4 Å². The zero-order valence-corrected chi connectivity index (χ0v) is 8.74. The van der Waals surface area contributed by atoms with Crippen LogP contribution in [0, 0.1) is 0 Å². The van der Waals surface area contributed by atoms with Crippen LogP contribution in [0.1, 0.15) is 27.2 Å². The van der Waals surface area contributed by atoms with E-state index in [0.717, 1.165) is 6.42 Å². The van der Waals surface area contributed by atoms with Gasteiger partial charge < -0.3 is 4.74 Å². The number of thioether (sulfide) groups is 1. The molecule has 0 saturated heterocycles. The van der Waals surface area contributed by atoms with Crippen LogP contribution in [-0.2, 0) is 9.53 Å². The first-order valence-corrected chi connectivity index (χ1v) is 4.97. The highest BCUT2D eigenvalue weighted by atomic mass is 32.2. The Morgan fingerprint density at radius 1 is 1.58 bits per heavy atom. The molecule has 0 spiro atoms. The first-order valence-electron chi connectivity index (χ1n) is 4.09. The molecule has 0 saturated carbocycles. The lowest BCUT2D eigenvalue weighted by atomic mass is 10.4. The van der Waals surface area contributed by atoms with E-state index in [2.05, 4.69) is 6.58 Å². The average Bonchev–Trinajstić information content (AvgIpc) is 2.03. The standard InChI is InChI=1S/C9H16O2S/c1-5-8(11-6-2)12-9(10)7(3)4/h8H,3,5-6H2,1-2,4H3. The molecule has 0 rings (SSSR count). The van der Waals surface area contributed by atoms with Gasteiger partial charge in [0, 0.05) is 6.61 Å². The second kappa shape index (κ2) is 6.26. The van der Waals surface area contributed by atoms with Crippen LogP contribution in [0.5, 0.6) is 0 Å². The summed E-state index contributed by atoms with van der Waals surface area (Å²) in [5.41, 5.74) is 0.567. The van der Waals surface area contributed by atoms with Crippen molar-refractivity contribution in [3.05, 3.63) is 12.2 Å². The van der Waals surface area contributed by atoms with Crippen molar-refractivity contribution in [1.29, 1.82) is 0 Å². The van der Waals surface area contributed by atoms with Gasteiger partial charge in [-0.15, -0.1) is 0 Å². The minimum atomic E-state index is -0.0146. The van der Waals surface area contributed by atoms with Crippen LogP contribution in [0.25, 0.3) is 0 Å². The molecule has 0 aromatic carbocycles. The lowest BCUT2D eigenvalue weighted by Gasteiger charge is -2.12. The largest absolute Gasteiger partial charge is 0.367 e. The summed E-state index contributed by atoms with van der Waals surface area (Å²) in [6.07, 6.45) is 0.845. The minimum Gasteiger partial charge on any atom is -0.367 e. The van der Waals surface area contributed by atoms with E-state index in [1.807, 2.05) is 13.8 Å². The molecule has 0 amide bonds. The Bertz CT molecular complexity index is 166. The molecule has 0 aromatic heterocycles. The molecule has 12 heavy (non-hydrogen) atoms. The van der Waals surface area contributed by atoms with Crippen LogP contribution in [0.2, 0.25) is 0 Å². The molecule has 0 aromatic rings. The van der Waals surface area contributed by atoms with Crippen molar-refractivity contribution in [2.24, 2.45) is 0 Å². The molecule has 0 heterocycles. The lowest BCUT2D eigenvalue weighted by Crippen LogP contribution is -2.10. The highest BCUT2D eigenvalue weighted by Gasteiger charge is 2.12. The Morgan fingerprint density at radius 3 is 2.50 bits per heavy atom. The van der Waals surface area contributed by atoms with E-state index in [9.17, 15) is 4.79 Å². The summed E-state index contributed by atoms with van der Waals surface area (Å²) in [5.74, 6) is 0. The summed E-state index contributed by atoms with van der Waals surface area (Å²) in [6, 6.07) is 0. The number of ether oxygens (including phenoxy) is 1. The third-order valence-corrected chi connectivity index (χ3v) is 2.57.